The number of hydrogen-bond donors (Lipinski definition) is 0. The Morgan fingerprint density at radius 2 is 2.19 bits per heavy atom. The van der Waals surface area contributed by atoms with E-state index in [1.54, 1.807) is 23.5 Å². The standard InChI is InChI=1S/C17H16N2OS/c1-3-13-7-10-17(21-13)16(20)9-8-14-15-6-4-5-11-19(15)12(2)18-14/h4-11H,3H2,1-2H3/b9-8+. The van der Waals surface area contributed by atoms with Crippen LogP contribution in [0.15, 0.2) is 42.6 Å². The topological polar surface area (TPSA) is 34.4 Å². The average Bonchev–Trinajstić information content (AvgIpc) is 3.11. The van der Waals surface area contributed by atoms with Crippen molar-refractivity contribution < 1.29 is 4.79 Å². The molecule has 0 atom stereocenters. The molecule has 0 aliphatic heterocycles. The van der Waals surface area contributed by atoms with Crippen LogP contribution in [0.2, 0.25) is 0 Å². The van der Waals surface area contributed by atoms with Gasteiger partial charge in [0, 0.05) is 11.1 Å². The molecule has 0 spiro atoms. The van der Waals surface area contributed by atoms with E-state index in [1.807, 2.05) is 47.9 Å². The third-order valence-electron chi connectivity index (χ3n) is 3.40. The Kier molecular flexibility index (Phi) is 3.71. The molecule has 0 amide bonds. The summed E-state index contributed by atoms with van der Waals surface area (Å²) in [6, 6.07) is 9.86. The van der Waals surface area contributed by atoms with Gasteiger partial charge in [0.2, 0.25) is 0 Å². The van der Waals surface area contributed by atoms with Gasteiger partial charge in [0.1, 0.15) is 5.82 Å². The van der Waals surface area contributed by atoms with E-state index in [-0.39, 0.29) is 5.78 Å². The zero-order valence-electron chi connectivity index (χ0n) is 12.0. The molecule has 106 valence electrons. The van der Waals surface area contributed by atoms with Crippen molar-refractivity contribution in [3.63, 3.8) is 0 Å². The maximum Gasteiger partial charge on any atom is 0.195 e. The van der Waals surface area contributed by atoms with Crippen molar-refractivity contribution in [3.05, 3.63) is 63.9 Å². The van der Waals surface area contributed by atoms with Crippen LogP contribution in [0.1, 0.15) is 33.0 Å². The quantitative estimate of drug-likeness (QED) is 0.535. The molecule has 3 rings (SSSR count). The van der Waals surface area contributed by atoms with Crippen molar-refractivity contribution in [3.8, 4) is 0 Å². The molecule has 0 aliphatic rings. The summed E-state index contributed by atoms with van der Waals surface area (Å²) in [5.74, 6) is 0.955. The van der Waals surface area contributed by atoms with E-state index in [4.69, 9.17) is 0 Å². The molecule has 0 N–H and O–H groups in total. The number of carbonyl (C=O) groups is 1. The minimum Gasteiger partial charge on any atom is -0.303 e. The summed E-state index contributed by atoms with van der Waals surface area (Å²) in [4.78, 5) is 18.7. The fraction of sp³-hybridized carbons (Fsp3) is 0.176. The van der Waals surface area contributed by atoms with Crippen LogP contribution < -0.4 is 0 Å². The third kappa shape index (κ3) is 2.67. The van der Waals surface area contributed by atoms with Gasteiger partial charge < -0.3 is 4.40 Å². The summed E-state index contributed by atoms with van der Waals surface area (Å²) < 4.78 is 2.02. The first-order valence-corrected chi connectivity index (χ1v) is 7.75. The maximum atomic E-state index is 12.2. The largest absolute Gasteiger partial charge is 0.303 e. The highest BCUT2D eigenvalue weighted by Crippen LogP contribution is 2.19. The van der Waals surface area contributed by atoms with E-state index in [0.29, 0.717) is 0 Å². The monoisotopic (exact) mass is 296 g/mol. The fourth-order valence-electron chi connectivity index (χ4n) is 2.28. The van der Waals surface area contributed by atoms with Gasteiger partial charge in [0.15, 0.2) is 5.78 Å². The van der Waals surface area contributed by atoms with Crippen molar-refractivity contribution >= 4 is 28.7 Å². The molecule has 0 bridgehead atoms. The summed E-state index contributed by atoms with van der Waals surface area (Å²) in [6.45, 7) is 4.05. The van der Waals surface area contributed by atoms with Crippen molar-refractivity contribution in [2.24, 2.45) is 0 Å². The Labute approximate surface area is 127 Å². The summed E-state index contributed by atoms with van der Waals surface area (Å²) in [6.07, 6.45) is 6.35. The lowest BCUT2D eigenvalue weighted by atomic mass is 10.2. The number of hydrogen-bond acceptors (Lipinski definition) is 3. The highest BCUT2D eigenvalue weighted by Gasteiger charge is 2.08. The molecule has 0 radical (unpaired) electrons. The molecule has 0 unspecified atom stereocenters. The molecule has 4 heteroatoms. The van der Waals surface area contributed by atoms with Gasteiger partial charge in [-0.05, 0) is 49.8 Å². The number of aryl methyl sites for hydroxylation is 2. The number of fused-ring (bicyclic) bond motifs is 1. The van der Waals surface area contributed by atoms with Crippen LogP contribution in [0.5, 0.6) is 0 Å². The lowest BCUT2D eigenvalue weighted by Crippen LogP contribution is -1.89. The van der Waals surface area contributed by atoms with Gasteiger partial charge in [-0.15, -0.1) is 11.3 Å². The van der Waals surface area contributed by atoms with E-state index >= 15 is 0 Å². The second-order valence-corrected chi connectivity index (χ2v) is 5.99. The molecule has 0 aliphatic carbocycles. The van der Waals surface area contributed by atoms with Crippen LogP contribution in [-0.2, 0) is 6.42 Å². The Bertz CT molecular complexity index is 826. The van der Waals surface area contributed by atoms with Gasteiger partial charge in [-0.2, -0.15) is 0 Å². The molecule has 3 aromatic rings. The Morgan fingerprint density at radius 3 is 2.95 bits per heavy atom. The van der Waals surface area contributed by atoms with Crippen LogP contribution in [0.25, 0.3) is 11.6 Å². The molecular formula is C17H16N2OS. The van der Waals surface area contributed by atoms with E-state index in [9.17, 15) is 4.79 Å². The highest BCUT2D eigenvalue weighted by atomic mass is 32.1. The summed E-state index contributed by atoms with van der Waals surface area (Å²) in [5, 5.41) is 0. The smallest absolute Gasteiger partial charge is 0.195 e. The van der Waals surface area contributed by atoms with Gasteiger partial charge in [-0.25, -0.2) is 4.98 Å². The Morgan fingerprint density at radius 1 is 1.33 bits per heavy atom. The van der Waals surface area contributed by atoms with Gasteiger partial charge in [0.05, 0.1) is 16.1 Å². The van der Waals surface area contributed by atoms with Gasteiger partial charge in [0.25, 0.3) is 0 Å². The third-order valence-corrected chi connectivity index (χ3v) is 4.64. The molecule has 0 aromatic carbocycles. The van der Waals surface area contributed by atoms with Crippen LogP contribution in [0.4, 0.5) is 0 Å². The number of imidazole rings is 1. The zero-order chi connectivity index (χ0) is 14.8. The van der Waals surface area contributed by atoms with E-state index in [0.717, 1.165) is 28.3 Å². The predicted molar refractivity (Wildman–Crippen MR) is 87.0 cm³/mol. The summed E-state index contributed by atoms with van der Waals surface area (Å²) in [5.41, 5.74) is 1.84. The summed E-state index contributed by atoms with van der Waals surface area (Å²) in [7, 11) is 0. The lowest BCUT2D eigenvalue weighted by Gasteiger charge is -1.93. The minimum atomic E-state index is 0.0365. The number of aromatic nitrogens is 2. The van der Waals surface area contributed by atoms with Crippen LogP contribution >= 0.6 is 11.3 Å². The molecule has 0 fully saturated rings. The van der Waals surface area contributed by atoms with Gasteiger partial charge in [-0.3, -0.25) is 4.79 Å². The van der Waals surface area contributed by atoms with Crippen molar-refractivity contribution in [1.82, 2.24) is 9.38 Å². The van der Waals surface area contributed by atoms with Crippen molar-refractivity contribution in [2.75, 3.05) is 0 Å². The zero-order valence-corrected chi connectivity index (χ0v) is 12.9. The molecule has 3 nitrogen and oxygen atoms in total. The molecule has 21 heavy (non-hydrogen) atoms. The number of carbonyl (C=O) groups excluding carboxylic acids is 1. The molecule has 0 saturated heterocycles. The first-order chi connectivity index (χ1) is 10.2. The lowest BCUT2D eigenvalue weighted by molar-refractivity contribution is 0.105. The van der Waals surface area contributed by atoms with E-state index in [1.165, 1.54) is 4.88 Å². The molecule has 3 aromatic heterocycles. The summed E-state index contributed by atoms with van der Waals surface area (Å²) >= 11 is 1.56. The SMILES string of the molecule is CCc1ccc(C(=O)/C=C/c2nc(C)n3ccccc23)s1. The van der Waals surface area contributed by atoms with Gasteiger partial charge >= 0.3 is 0 Å². The van der Waals surface area contributed by atoms with E-state index in [2.05, 4.69) is 11.9 Å². The van der Waals surface area contributed by atoms with Crippen LogP contribution in [-0.4, -0.2) is 15.2 Å². The molecule has 0 saturated carbocycles. The first-order valence-electron chi connectivity index (χ1n) is 6.94. The number of pyridine rings is 1. The molecule has 3 heterocycles. The van der Waals surface area contributed by atoms with E-state index < -0.39 is 0 Å². The normalized spacial score (nSPS) is 11.5. The predicted octanol–water partition coefficient (Wildman–Crippen LogP) is 4.16. The highest BCUT2D eigenvalue weighted by molar-refractivity contribution is 7.14. The number of rotatable bonds is 4. The molecular weight excluding hydrogens is 280 g/mol. The van der Waals surface area contributed by atoms with Crippen molar-refractivity contribution in [1.29, 1.82) is 0 Å². The number of allylic oxidation sites excluding steroid dienone is 1. The second kappa shape index (κ2) is 5.66. The maximum absolute atomic E-state index is 12.2. The number of ketones is 1. The Hall–Kier alpha value is -2.20. The minimum absolute atomic E-state index is 0.0365. The second-order valence-electron chi connectivity index (χ2n) is 4.82. The average molecular weight is 296 g/mol. The number of thiophene rings is 1. The fourth-order valence-corrected chi connectivity index (χ4v) is 3.15. The van der Waals surface area contributed by atoms with Crippen LogP contribution in [0.3, 0.4) is 0 Å². The van der Waals surface area contributed by atoms with Crippen molar-refractivity contribution in [2.45, 2.75) is 20.3 Å². The number of nitrogens with zero attached hydrogens (tertiary/aromatic N) is 2. The van der Waals surface area contributed by atoms with Crippen LogP contribution in [0, 0.1) is 6.92 Å². The first kappa shape index (κ1) is 13.8. The Balaban J connectivity index is 1.89. The van der Waals surface area contributed by atoms with Gasteiger partial charge in [-0.1, -0.05) is 13.0 Å².